The summed E-state index contributed by atoms with van der Waals surface area (Å²) < 4.78 is 43.1. The molecule has 0 aliphatic heterocycles. The summed E-state index contributed by atoms with van der Waals surface area (Å²) in [5.74, 6) is -0.714. The number of amides is 1. The third-order valence-corrected chi connectivity index (χ3v) is 2.30. The van der Waals surface area contributed by atoms with Gasteiger partial charge in [0, 0.05) is 0 Å². The normalized spacial score (nSPS) is 11.4. The van der Waals surface area contributed by atoms with Crippen molar-refractivity contribution < 1.29 is 22.4 Å². The van der Waals surface area contributed by atoms with Crippen LogP contribution in [0, 0.1) is 6.92 Å². The lowest BCUT2D eigenvalue weighted by atomic mass is 10.1. The van der Waals surface area contributed by atoms with Gasteiger partial charge < -0.3 is 9.73 Å². The van der Waals surface area contributed by atoms with Crippen molar-refractivity contribution in [1.82, 2.24) is 4.98 Å². The second kappa shape index (κ2) is 4.75. The van der Waals surface area contributed by atoms with E-state index >= 15 is 0 Å². The number of nitrogens with one attached hydrogen (secondary N) is 1. The second-order valence-corrected chi connectivity index (χ2v) is 3.77. The predicted molar refractivity (Wildman–Crippen MR) is 60.6 cm³/mol. The molecule has 1 amide bonds. The third-order valence-electron chi connectivity index (χ3n) is 2.30. The SMILES string of the molecule is Cc1cnc(C(=O)Nc2ccccc2C(F)(F)F)o1. The molecule has 0 saturated heterocycles. The van der Waals surface area contributed by atoms with E-state index in [-0.39, 0.29) is 11.6 Å². The van der Waals surface area contributed by atoms with Crippen LogP contribution in [0.15, 0.2) is 34.9 Å². The van der Waals surface area contributed by atoms with Crippen molar-refractivity contribution in [2.24, 2.45) is 0 Å². The van der Waals surface area contributed by atoms with Crippen molar-refractivity contribution in [2.75, 3.05) is 5.32 Å². The molecular formula is C12H9F3N2O2. The fourth-order valence-corrected chi connectivity index (χ4v) is 1.47. The fraction of sp³-hybridized carbons (Fsp3) is 0.167. The molecule has 0 aliphatic carbocycles. The molecule has 0 aliphatic rings. The van der Waals surface area contributed by atoms with Crippen molar-refractivity contribution in [3.8, 4) is 0 Å². The molecule has 7 heteroatoms. The highest BCUT2D eigenvalue weighted by molar-refractivity contribution is 6.01. The Kier molecular flexibility index (Phi) is 3.28. The van der Waals surface area contributed by atoms with Crippen molar-refractivity contribution in [3.05, 3.63) is 47.7 Å². The molecule has 19 heavy (non-hydrogen) atoms. The predicted octanol–water partition coefficient (Wildman–Crippen LogP) is 3.25. The van der Waals surface area contributed by atoms with E-state index < -0.39 is 17.6 Å². The Morgan fingerprint density at radius 3 is 2.58 bits per heavy atom. The summed E-state index contributed by atoms with van der Waals surface area (Å²) in [5, 5.41) is 2.13. The molecule has 1 heterocycles. The van der Waals surface area contributed by atoms with Crippen molar-refractivity contribution >= 4 is 11.6 Å². The van der Waals surface area contributed by atoms with Gasteiger partial charge in [-0.25, -0.2) is 4.98 Å². The van der Waals surface area contributed by atoms with Crippen LogP contribution in [-0.2, 0) is 6.18 Å². The van der Waals surface area contributed by atoms with E-state index in [0.29, 0.717) is 5.76 Å². The number of carbonyl (C=O) groups excluding carboxylic acids is 1. The first-order chi connectivity index (χ1) is 8.88. The van der Waals surface area contributed by atoms with Gasteiger partial charge in [0.25, 0.3) is 5.89 Å². The van der Waals surface area contributed by atoms with E-state index in [1.807, 2.05) is 0 Å². The lowest BCUT2D eigenvalue weighted by Gasteiger charge is -2.12. The lowest BCUT2D eigenvalue weighted by molar-refractivity contribution is -0.136. The van der Waals surface area contributed by atoms with Gasteiger partial charge in [0.2, 0.25) is 0 Å². The molecule has 2 rings (SSSR count). The molecule has 0 unspecified atom stereocenters. The van der Waals surface area contributed by atoms with Crippen LogP contribution in [-0.4, -0.2) is 10.9 Å². The highest BCUT2D eigenvalue weighted by Crippen LogP contribution is 2.34. The number of para-hydroxylation sites is 1. The van der Waals surface area contributed by atoms with Crippen molar-refractivity contribution in [1.29, 1.82) is 0 Å². The number of rotatable bonds is 2. The fourth-order valence-electron chi connectivity index (χ4n) is 1.47. The van der Waals surface area contributed by atoms with Gasteiger partial charge >= 0.3 is 12.1 Å². The first-order valence-electron chi connectivity index (χ1n) is 5.28. The first kappa shape index (κ1) is 13.1. The summed E-state index contributed by atoms with van der Waals surface area (Å²) in [4.78, 5) is 15.3. The number of aryl methyl sites for hydroxylation is 1. The van der Waals surface area contributed by atoms with Crippen LogP contribution in [0.3, 0.4) is 0 Å². The molecule has 1 aromatic carbocycles. The number of halogens is 3. The number of oxazole rings is 1. The Labute approximate surface area is 106 Å². The van der Waals surface area contributed by atoms with Gasteiger partial charge in [-0.3, -0.25) is 4.79 Å². The zero-order valence-corrected chi connectivity index (χ0v) is 9.78. The van der Waals surface area contributed by atoms with Crippen LogP contribution < -0.4 is 5.32 Å². The average Bonchev–Trinajstić information content (AvgIpc) is 2.75. The molecule has 0 spiro atoms. The monoisotopic (exact) mass is 270 g/mol. The number of alkyl halides is 3. The van der Waals surface area contributed by atoms with Crippen LogP contribution in [0.2, 0.25) is 0 Å². The quantitative estimate of drug-likeness (QED) is 0.911. The molecule has 0 radical (unpaired) electrons. The molecule has 2 aromatic rings. The number of benzene rings is 1. The average molecular weight is 270 g/mol. The topological polar surface area (TPSA) is 55.1 Å². The molecule has 0 atom stereocenters. The van der Waals surface area contributed by atoms with E-state index in [9.17, 15) is 18.0 Å². The van der Waals surface area contributed by atoms with Crippen LogP contribution in [0.1, 0.15) is 22.0 Å². The molecule has 0 fully saturated rings. The molecule has 1 aromatic heterocycles. The maximum absolute atomic E-state index is 12.7. The number of carbonyl (C=O) groups is 1. The molecule has 100 valence electrons. The second-order valence-electron chi connectivity index (χ2n) is 3.77. The largest absolute Gasteiger partial charge is 0.438 e. The summed E-state index contributed by atoms with van der Waals surface area (Å²) in [6.07, 6.45) is -3.24. The summed E-state index contributed by atoms with van der Waals surface area (Å²) in [6.45, 7) is 1.58. The van der Waals surface area contributed by atoms with E-state index in [4.69, 9.17) is 4.42 Å². The van der Waals surface area contributed by atoms with Crippen LogP contribution in [0.5, 0.6) is 0 Å². The van der Waals surface area contributed by atoms with Crippen molar-refractivity contribution in [2.45, 2.75) is 13.1 Å². The van der Waals surface area contributed by atoms with Crippen molar-refractivity contribution in [3.63, 3.8) is 0 Å². The molecular weight excluding hydrogens is 261 g/mol. The van der Waals surface area contributed by atoms with Gasteiger partial charge in [0.15, 0.2) is 0 Å². The first-order valence-corrected chi connectivity index (χ1v) is 5.28. The minimum Gasteiger partial charge on any atom is -0.438 e. The Bertz CT molecular complexity index is 605. The van der Waals surface area contributed by atoms with Gasteiger partial charge in [-0.15, -0.1) is 0 Å². The van der Waals surface area contributed by atoms with E-state index in [1.54, 1.807) is 6.92 Å². The number of hydrogen-bond donors (Lipinski definition) is 1. The standard InChI is InChI=1S/C12H9F3N2O2/c1-7-6-16-11(19-7)10(18)17-9-5-3-2-4-8(9)12(13,14)15/h2-6H,1H3,(H,17,18). The number of hydrogen-bond acceptors (Lipinski definition) is 3. The Morgan fingerprint density at radius 2 is 2.00 bits per heavy atom. The maximum atomic E-state index is 12.7. The minimum absolute atomic E-state index is 0.283. The van der Waals surface area contributed by atoms with E-state index in [2.05, 4.69) is 10.3 Å². The van der Waals surface area contributed by atoms with Gasteiger partial charge in [0.05, 0.1) is 17.4 Å². The molecule has 0 saturated carbocycles. The number of anilines is 1. The zero-order valence-electron chi connectivity index (χ0n) is 9.78. The van der Waals surface area contributed by atoms with Gasteiger partial charge in [0.1, 0.15) is 5.76 Å². The number of aromatic nitrogens is 1. The summed E-state index contributed by atoms with van der Waals surface area (Å²) >= 11 is 0. The highest BCUT2D eigenvalue weighted by atomic mass is 19.4. The number of nitrogens with zero attached hydrogens (tertiary/aromatic N) is 1. The Hall–Kier alpha value is -2.31. The van der Waals surface area contributed by atoms with Crippen LogP contribution in [0.4, 0.5) is 18.9 Å². The minimum atomic E-state index is -4.55. The molecule has 1 N–H and O–H groups in total. The highest BCUT2D eigenvalue weighted by Gasteiger charge is 2.33. The zero-order chi connectivity index (χ0) is 14.0. The van der Waals surface area contributed by atoms with Gasteiger partial charge in [-0.2, -0.15) is 13.2 Å². The van der Waals surface area contributed by atoms with Crippen LogP contribution >= 0.6 is 0 Å². The van der Waals surface area contributed by atoms with Gasteiger partial charge in [-0.1, -0.05) is 12.1 Å². The molecule has 4 nitrogen and oxygen atoms in total. The Morgan fingerprint density at radius 1 is 1.32 bits per heavy atom. The summed E-state index contributed by atoms with van der Waals surface area (Å²) in [6, 6.07) is 4.69. The molecule has 0 bridgehead atoms. The summed E-state index contributed by atoms with van der Waals surface area (Å²) in [5.41, 5.74) is -1.26. The van der Waals surface area contributed by atoms with E-state index in [0.717, 1.165) is 12.1 Å². The van der Waals surface area contributed by atoms with Crippen LogP contribution in [0.25, 0.3) is 0 Å². The third kappa shape index (κ3) is 2.93. The lowest BCUT2D eigenvalue weighted by Crippen LogP contribution is -2.16. The smallest absolute Gasteiger partial charge is 0.418 e. The Balaban J connectivity index is 2.27. The van der Waals surface area contributed by atoms with Gasteiger partial charge in [-0.05, 0) is 19.1 Å². The summed E-state index contributed by atoms with van der Waals surface area (Å²) in [7, 11) is 0. The maximum Gasteiger partial charge on any atom is 0.418 e. The van der Waals surface area contributed by atoms with E-state index in [1.165, 1.54) is 18.3 Å².